The maximum Gasteiger partial charge on any atom is 0.227 e. The number of hydrogen-bond donors (Lipinski definition) is 0. The molecule has 2 heterocycles. The summed E-state index contributed by atoms with van der Waals surface area (Å²) in [5, 5.41) is 9.08. The zero-order valence-corrected chi connectivity index (χ0v) is 31.8. The molecule has 10 aromatic carbocycles. The van der Waals surface area contributed by atoms with E-state index in [1.165, 1.54) is 10.9 Å². The molecule has 276 valence electrons. The molecule has 0 radical (unpaired) electrons. The Kier molecular flexibility index (Phi) is 7.50. The van der Waals surface area contributed by atoms with E-state index in [-0.39, 0.29) is 0 Å². The van der Waals surface area contributed by atoms with Gasteiger partial charge in [-0.15, -0.1) is 0 Å². The minimum absolute atomic E-state index is 0.632. The summed E-state index contributed by atoms with van der Waals surface area (Å²) in [6, 6.07) is 72.9. The smallest absolute Gasteiger partial charge is 0.227 e. The van der Waals surface area contributed by atoms with Crippen LogP contribution in [0.25, 0.3) is 99.1 Å². The van der Waals surface area contributed by atoms with Crippen molar-refractivity contribution < 1.29 is 8.83 Å². The normalized spacial score (nSPS) is 11.7. The minimum atomic E-state index is 0.632. The summed E-state index contributed by atoms with van der Waals surface area (Å²) in [7, 11) is 0. The summed E-state index contributed by atoms with van der Waals surface area (Å²) < 4.78 is 12.9. The first kappa shape index (κ1) is 33.2. The summed E-state index contributed by atoms with van der Waals surface area (Å²) in [5.41, 5.74) is 12.2. The fourth-order valence-corrected chi connectivity index (χ4v) is 8.93. The van der Waals surface area contributed by atoms with Gasteiger partial charge in [-0.05, 0) is 105 Å². The number of aromatic nitrogens is 1. The average molecular weight is 755 g/mol. The Balaban J connectivity index is 1.01. The summed E-state index contributed by atoms with van der Waals surface area (Å²) >= 11 is 0. The zero-order chi connectivity index (χ0) is 38.9. The Morgan fingerprint density at radius 2 is 1.02 bits per heavy atom. The second-order valence-corrected chi connectivity index (χ2v) is 15.1. The topological polar surface area (TPSA) is 42.4 Å². The first-order valence-corrected chi connectivity index (χ1v) is 19.9. The largest absolute Gasteiger partial charge is 0.456 e. The summed E-state index contributed by atoms with van der Waals surface area (Å²) in [6.07, 6.45) is 0. The van der Waals surface area contributed by atoms with Gasteiger partial charge in [-0.2, -0.15) is 0 Å². The van der Waals surface area contributed by atoms with E-state index in [1.54, 1.807) is 0 Å². The molecule has 59 heavy (non-hydrogen) atoms. The van der Waals surface area contributed by atoms with Crippen molar-refractivity contribution in [2.45, 2.75) is 0 Å². The maximum atomic E-state index is 6.50. The van der Waals surface area contributed by atoms with E-state index in [2.05, 4.69) is 169 Å². The summed E-state index contributed by atoms with van der Waals surface area (Å²) in [5.74, 6) is 0.632. The van der Waals surface area contributed by atoms with E-state index in [1.807, 2.05) is 42.5 Å². The van der Waals surface area contributed by atoms with Gasteiger partial charge in [0.25, 0.3) is 0 Å². The number of benzene rings is 10. The molecule has 4 heteroatoms. The van der Waals surface area contributed by atoms with Gasteiger partial charge < -0.3 is 13.7 Å². The van der Waals surface area contributed by atoms with Crippen LogP contribution in [-0.2, 0) is 0 Å². The number of hydrogen-bond acceptors (Lipinski definition) is 4. The van der Waals surface area contributed by atoms with Gasteiger partial charge in [-0.3, -0.25) is 0 Å². The highest BCUT2D eigenvalue weighted by atomic mass is 16.3. The van der Waals surface area contributed by atoms with Crippen LogP contribution < -0.4 is 4.90 Å². The lowest BCUT2D eigenvalue weighted by Crippen LogP contribution is -2.11. The molecule has 0 amide bonds. The van der Waals surface area contributed by atoms with Crippen LogP contribution >= 0.6 is 0 Å². The molecule has 0 bridgehead atoms. The molecule has 0 N–H and O–H groups in total. The Hall–Kier alpha value is -7.95. The second kappa shape index (κ2) is 13.3. The lowest BCUT2D eigenvalue weighted by Gasteiger charge is -2.29. The van der Waals surface area contributed by atoms with E-state index in [0.29, 0.717) is 5.89 Å². The van der Waals surface area contributed by atoms with Gasteiger partial charge in [0.1, 0.15) is 16.7 Å². The van der Waals surface area contributed by atoms with Crippen molar-refractivity contribution in [1.82, 2.24) is 4.98 Å². The maximum absolute atomic E-state index is 6.50. The lowest BCUT2D eigenvalue weighted by molar-refractivity contribution is 0.623. The van der Waals surface area contributed by atoms with Gasteiger partial charge in [-0.1, -0.05) is 140 Å². The van der Waals surface area contributed by atoms with Crippen LogP contribution in [0.4, 0.5) is 17.1 Å². The molecule has 12 aromatic rings. The molecule has 12 rings (SSSR count). The third-order valence-electron chi connectivity index (χ3n) is 11.7. The van der Waals surface area contributed by atoms with Crippen LogP contribution in [-0.4, -0.2) is 4.98 Å². The third-order valence-corrected chi connectivity index (χ3v) is 11.7. The highest BCUT2D eigenvalue weighted by Crippen LogP contribution is 2.46. The van der Waals surface area contributed by atoms with Gasteiger partial charge in [0.05, 0.1) is 11.4 Å². The molecule has 0 aliphatic heterocycles. The van der Waals surface area contributed by atoms with Gasteiger partial charge >= 0.3 is 0 Å². The van der Waals surface area contributed by atoms with Crippen molar-refractivity contribution >= 4 is 82.4 Å². The number of oxazole rings is 1. The van der Waals surface area contributed by atoms with Crippen LogP contribution in [0.2, 0.25) is 0 Å². The standard InChI is InChI=1S/C55H34N2O2/c1-3-13-36(14-4-1)55-56-48-32-29-35-25-26-38-33-37(27-30-43(38)53(35)54(48)59-55)41-19-11-21-45-44(41)20-12-23-50(45)57(40-15-5-2-6-16-40)49-22-9-7-17-42(49)39-28-31-47-46-18-8-10-24-51(46)58-52(47)34-39/h1-34H. The Morgan fingerprint density at radius 3 is 1.92 bits per heavy atom. The number of fused-ring (bicyclic) bond motifs is 9. The van der Waals surface area contributed by atoms with Gasteiger partial charge in [-0.25, -0.2) is 4.98 Å². The molecule has 0 unspecified atom stereocenters. The second-order valence-electron chi connectivity index (χ2n) is 15.1. The lowest BCUT2D eigenvalue weighted by atomic mass is 9.93. The monoisotopic (exact) mass is 754 g/mol. The fraction of sp³-hybridized carbons (Fsp3) is 0. The van der Waals surface area contributed by atoms with Gasteiger partial charge in [0.15, 0.2) is 5.58 Å². The number of furan rings is 1. The van der Waals surface area contributed by atoms with E-state index >= 15 is 0 Å². The molecule has 4 nitrogen and oxygen atoms in total. The highest BCUT2D eigenvalue weighted by molar-refractivity contribution is 6.19. The van der Waals surface area contributed by atoms with E-state index in [9.17, 15) is 0 Å². The van der Waals surface area contributed by atoms with Crippen molar-refractivity contribution in [3.63, 3.8) is 0 Å². The van der Waals surface area contributed by atoms with Crippen LogP contribution in [0, 0.1) is 0 Å². The molecule has 0 spiro atoms. The third kappa shape index (κ3) is 5.42. The van der Waals surface area contributed by atoms with Crippen molar-refractivity contribution in [3.8, 4) is 33.7 Å². The van der Waals surface area contributed by atoms with Gasteiger partial charge in [0, 0.05) is 38.4 Å². The van der Waals surface area contributed by atoms with Crippen LogP contribution in [0.1, 0.15) is 0 Å². The summed E-state index contributed by atoms with van der Waals surface area (Å²) in [4.78, 5) is 7.27. The Bertz CT molecular complexity index is 3570. The first-order chi connectivity index (χ1) is 29.2. The Morgan fingerprint density at radius 1 is 0.373 bits per heavy atom. The molecule has 0 saturated heterocycles. The molecule has 2 aromatic heterocycles. The number of nitrogens with zero attached hydrogens (tertiary/aromatic N) is 2. The number of anilines is 3. The predicted octanol–water partition coefficient (Wildman–Crippen LogP) is 15.7. The number of rotatable bonds is 6. The van der Waals surface area contributed by atoms with Crippen LogP contribution in [0.3, 0.4) is 0 Å². The summed E-state index contributed by atoms with van der Waals surface area (Å²) in [6.45, 7) is 0. The molecular weight excluding hydrogens is 721 g/mol. The average Bonchev–Trinajstić information content (AvgIpc) is 3.91. The molecular formula is C55H34N2O2. The fourth-order valence-electron chi connectivity index (χ4n) is 8.93. The van der Waals surface area contributed by atoms with Crippen LogP contribution in [0.15, 0.2) is 215 Å². The number of para-hydroxylation sites is 3. The van der Waals surface area contributed by atoms with Crippen molar-refractivity contribution in [1.29, 1.82) is 0 Å². The first-order valence-electron chi connectivity index (χ1n) is 19.9. The van der Waals surface area contributed by atoms with E-state index in [4.69, 9.17) is 13.8 Å². The van der Waals surface area contributed by atoms with E-state index in [0.717, 1.165) is 99.3 Å². The van der Waals surface area contributed by atoms with Crippen molar-refractivity contribution in [2.24, 2.45) is 0 Å². The Labute approximate surface area is 339 Å². The molecule has 0 saturated carbocycles. The molecule has 0 aliphatic rings. The SMILES string of the molecule is c1ccc(-c2nc3ccc4ccc5cc(-c6cccc7c(N(c8ccccc8)c8ccccc8-c8ccc9c(c8)oc8ccccc89)cccc67)ccc5c4c3o2)cc1. The molecule has 0 fully saturated rings. The van der Waals surface area contributed by atoms with Crippen molar-refractivity contribution in [2.75, 3.05) is 4.90 Å². The van der Waals surface area contributed by atoms with Crippen molar-refractivity contribution in [3.05, 3.63) is 206 Å². The predicted molar refractivity (Wildman–Crippen MR) is 245 cm³/mol. The molecule has 0 aliphatic carbocycles. The van der Waals surface area contributed by atoms with Gasteiger partial charge in [0.2, 0.25) is 5.89 Å². The van der Waals surface area contributed by atoms with E-state index < -0.39 is 0 Å². The zero-order valence-electron chi connectivity index (χ0n) is 31.8. The molecule has 0 atom stereocenters. The quantitative estimate of drug-likeness (QED) is 0.159. The van der Waals surface area contributed by atoms with Crippen LogP contribution in [0.5, 0.6) is 0 Å². The highest BCUT2D eigenvalue weighted by Gasteiger charge is 2.21. The minimum Gasteiger partial charge on any atom is -0.456 e.